The maximum absolute atomic E-state index is 13.0. The van der Waals surface area contributed by atoms with E-state index < -0.39 is 11.6 Å². The van der Waals surface area contributed by atoms with E-state index in [-0.39, 0.29) is 18.9 Å². The molecule has 2 heterocycles. The zero-order chi connectivity index (χ0) is 11.8. The minimum Gasteiger partial charge on any atom is -0.338 e. The predicted octanol–water partition coefficient (Wildman–Crippen LogP) is 1.43. The van der Waals surface area contributed by atoms with Crippen LogP contribution in [0.5, 0.6) is 0 Å². The monoisotopic (exact) mass is 235 g/mol. The first-order chi connectivity index (χ1) is 7.49. The second-order valence-corrected chi connectivity index (χ2v) is 3.88. The van der Waals surface area contributed by atoms with Gasteiger partial charge in [-0.25, -0.2) is 0 Å². The highest BCUT2D eigenvalue weighted by atomic mass is 19.4. The van der Waals surface area contributed by atoms with Gasteiger partial charge in [-0.2, -0.15) is 18.2 Å². The fraction of sp³-hybridized carbons (Fsp3) is 0.778. The molecule has 0 amide bonds. The summed E-state index contributed by atoms with van der Waals surface area (Å²) < 4.78 is 43.9. The molecule has 1 aliphatic rings. The van der Waals surface area contributed by atoms with Gasteiger partial charge in [-0.15, -0.1) is 0 Å². The molecule has 0 aromatic carbocycles. The Balaban J connectivity index is 2.40. The molecule has 1 aromatic heterocycles. The Labute approximate surface area is 90.2 Å². The Morgan fingerprint density at radius 3 is 2.69 bits per heavy atom. The van der Waals surface area contributed by atoms with Crippen molar-refractivity contribution >= 4 is 0 Å². The van der Waals surface area contributed by atoms with Gasteiger partial charge in [0, 0.05) is 13.0 Å². The second-order valence-electron chi connectivity index (χ2n) is 3.88. The number of nitrogens with one attached hydrogen (secondary N) is 1. The summed E-state index contributed by atoms with van der Waals surface area (Å²) in [4.78, 5) is 3.81. The van der Waals surface area contributed by atoms with E-state index in [9.17, 15) is 13.2 Å². The molecule has 1 saturated heterocycles. The van der Waals surface area contributed by atoms with E-state index in [4.69, 9.17) is 4.52 Å². The SMILES string of the molecule is CCc1noc(C2(C(F)(F)F)CCNC2)n1. The third-order valence-corrected chi connectivity index (χ3v) is 2.89. The molecule has 1 atom stereocenters. The van der Waals surface area contributed by atoms with E-state index in [2.05, 4.69) is 15.5 Å². The molecular weight excluding hydrogens is 223 g/mol. The fourth-order valence-corrected chi connectivity index (χ4v) is 1.83. The van der Waals surface area contributed by atoms with Crippen LogP contribution in [0.4, 0.5) is 13.2 Å². The van der Waals surface area contributed by atoms with Gasteiger partial charge in [0.05, 0.1) is 0 Å². The summed E-state index contributed by atoms with van der Waals surface area (Å²) in [5.74, 6) is -0.00706. The van der Waals surface area contributed by atoms with Gasteiger partial charge in [0.1, 0.15) is 0 Å². The number of rotatable bonds is 2. The quantitative estimate of drug-likeness (QED) is 0.842. The normalized spacial score (nSPS) is 26.2. The predicted molar refractivity (Wildman–Crippen MR) is 48.9 cm³/mol. The van der Waals surface area contributed by atoms with Crippen LogP contribution >= 0.6 is 0 Å². The zero-order valence-corrected chi connectivity index (χ0v) is 8.76. The van der Waals surface area contributed by atoms with Crippen molar-refractivity contribution in [1.82, 2.24) is 15.5 Å². The lowest BCUT2D eigenvalue weighted by molar-refractivity contribution is -0.191. The molecule has 1 fully saturated rings. The second kappa shape index (κ2) is 3.73. The fourth-order valence-electron chi connectivity index (χ4n) is 1.83. The molecule has 16 heavy (non-hydrogen) atoms. The van der Waals surface area contributed by atoms with Gasteiger partial charge in [-0.1, -0.05) is 12.1 Å². The first kappa shape index (κ1) is 11.4. The maximum atomic E-state index is 13.0. The van der Waals surface area contributed by atoms with Crippen LogP contribution in [0.1, 0.15) is 25.1 Å². The number of aromatic nitrogens is 2. The maximum Gasteiger partial charge on any atom is 0.404 e. The molecule has 0 aliphatic carbocycles. The molecule has 2 rings (SSSR count). The first-order valence-corrected chi connectivity index (χ1v) is 5.10. The summed E-state index contributed by atoms with van der Waals surface area (Å²) in [6.45, 7) is 1.88. The minimum absolute atomic E-state index is 0.0537. The van der Waals surface area contributed by atoms with E-state index in [1.165, 1.54) is 0 Å². The van der Waals surface area contributed by atoms with Crippen LogP contribution in [-0.4, -0.2) is 29.4 Å². The molecule has 1 N–H and O–H groups in total. The number of hydrogen-bond donors (Lipinski definition) is 1. The average Bonchev–Trinajstić information content (AvgIpc) is 2.86. The van der Waals surface area contributed by atoms with Gasteiger partial charge < -0.3 is 9.84 Å². The number of hydrogen-bond acceptors (Lipinski definition) is 4. The summed E-state index contributed by atoms with van der Waals surface area (Å²) in [5, 5.41) is 6.22. The van der Waals surface area contributed by atoms with Gasteiger partial charge >= 0.3 is 6.18 Å². The number of aryl methyl sites for hydroxylation is 1. The molecular formula is C9H12F3N3O. The van der Waals surface area contributed by atoms with Crippen molar-refractivity contribution in [3.8, 4) is 0 Å². The zero-order valence-electron chi connectivity index (χ0n) is 8.76. The molecule has 90 valence electrons. The Morgan fingerprint density at radius 2 is 2.25 bits per heavy atom. The first-order valence-electron chi connectivity index (χ1n) is 5.10. The largest absolute Gasteiger partial charge is 0.404 e. The topological polar surface area (TPSA) is 51.0 Å². The van der Waals surface area contributed by atoms with E-state index in [1.54, 1.807) is 6.92 Å². The molecule has 0 bridgehead atoms. The van der Waals surface area contributed by atoms with Crippen molar-refractivity contribution in [2.24, 2.45) is 0 Å². The Morgan fingerprint density at radius 1 is 1.50 bits per heavy atom. The van der Waals surface area contributed by atoms with Crippen molar-refractivity contribution in [3.63, 3.8) is 0 Å². The summed E-state index contributed by atoms with van der Waals surface area (Å²) in [7, 11) is 0. The number of alkyl halides is 3. The van der Waals surface area contributed by atoms with Gasteiger partial charge in [-0.3, -0.25) is 0 Å². The van der Waals surface area contributed by atoms with Crippen molar-refractivity contribution < 1.29 is 17.7 Å². The van der Waals surface area contributed by atoms with Crippen LogP contribution in [-0.2, 0) is 11.8 Å². The van der Waals surface area contributed by atoms with Crippen molar-refractivity contribution in [2.45, 2.75) is 31.4 Å². The number of halogens is 3. The third kappa shape index (κ3) is 1.59. The molecule has 4 nitrogen and oxygen atoms in total. The van der Waals surface area contributed by atoms with Crippen LogP contribution in [0.25, 0.3) is 0 Å². The highest BCUT2D eigenvalue weighted by molar-refractivity contribution is 5.14. The molecule has 0 spiro atoms. The standard InChI is InChI=1S/C9H12F3N3O/c1-2-6-14-7(16-15-6)8(9(10,11)12)3-4-13-5-8/h13H,2-5H2,1H3. The molecule has 0 radical (unpaired) electrons. The van der Waals surface area contributed by atoms with Crippen molar-refractivity contribution in [1.29, 1.82) is 0 Å². The summed E-state index contributed by atoms with van der Waals surface area (Å²) in [6.07, 6.45) is -3.96. The molecule has 1 aliphatic heterocycles. The van der Waals surface area contributed by atoms with Crippen molar-refractivity contribution in [2.75, 3.05) is 13.1 Å². The summed E-state index contributed by atoms with van der Waals surface area (Å²) in [5.41, 5.74) is -2.01. The van der Waals surface area contributed by atoms with Crippen LogP contribution in [0, 0.1) is 0 Å². The highest BCUT2D eigenvalue weighted by Crippen LogP contribution is 2.44. The molecule has 0 saturated carbocycles. The van der Waals surface area contributed by atoms with Gasteiger partial charge in [0.25, 0.3) is 0 Å². The number of nitrogens with zero attached hydrogens (tertiary/aromatic N) is 2. The Hall–Kier alpha value is -1.11. The minimum atomic E-state index is -4.37. The third-order valence-electron chi connectivity index (χ3n) is 2.89. The smallest absolute Gasteiger partial charge is 0.338 e. The lowest BCUT2D eigenvalue weighted by Crippen LogP contribution is -2.44. The molecule has 1 unspecified atom stereocenters. The van der Waals surface area contributed by atoms with Crippen LogP contribution in [0.2, 0.25) is 0 Å². The van der Waals surface area contributed by atoms with E-state index in [0.29, 0.717) is 18.8 Å². The van der Waals surface area contributed by atoms with Gasteiger partial charge in [0.15, 0.2) is 11.2 Å². The van der Waals surface area contributed by atoms with E-state index in [1.807, 2.05) is 0 Å². The van der Waals surface area contributed by atoms with E-state index in [0.717, 1.165) is 0 Å². The Kier molecular flexibility index (Phi) is 2.65. The van der Waals surface area contributed by atoms with Crippen LogP contribution in [0.15, 0.2) is 4.52 Å². The lowest BCUT2D eigenvalue weighted by atomic mass is 9.86. The van der Waals surface area contributed by atoms with Gasteiger partial charge in [0.2, 0.25) is 5.89 Å². The Bertz CT molecular complexity index is 368. The van der Waals surface area contributed by atoms with Crippen LogP contribution < -0.4 is 5.32 Å². The van der Waals surface area contributed by atoms with E-state index >= 15 is 0 Å². The lowest BCUT2D eigenvalue weighted by Gasteiger charge is -2.26. The summed E-state index contributed by atoms with van der Waals surface area (Å²) in [6, 6.07) is 0. The highest BCUT2D eigenvalue weighted by Gasteiger charge is 2.61. The average molecular weight is 235 g/mol. The molecule has 7 heteroatoms. The summed E-state index contributed by atoms with van der Waals surface area (Å²) >= 11 is 0. The van der Waals surface area contributed by atoms with Crippen LogP contribution in [0.3, 0.4) is 0 Å². The van der Waals surface area contributed by atoms with Gasteiger partial charge in [-0.05, 0) is 13.0 Å². The van der Waals surface area contributed by atoms with Crippen molar-refractivity contribution in [3.05, 3.63) is 11.7 Å². The molecule has 1 aromatic rings.